The molecule has 1 N–H and O–H groups in total. The van der Waals surface area contributed by atoms with E-state index in [0.717, 1.165) is 17.7 Å². The van der Waals surface area contributed by atoms with Gasteiger partial charge in [0.05, 0.1) is 6.42 Å². The highest BCUT2D eigenvalue weighted by atomic mass is 16.2. The molecule has 0 aliphatic carbocycles. The molecular weight excluding hydrogens is 300 g/mol. The van der Waals surface area contributed by atoms with Crippen LogP contribution in [0.1, 0.15) is 23.1 Å². The van der Waals surface area contributed by atoms with Gasteiger partial charge in [0.15, 0.2) is 0 Å². The first kappa shape index (κ1) is 16.2. The molecule has 1 heterocycles. The standard InChI is InChI=1S/C20H22N2O2/c1-15-6-2-3-7-16(15)10-11-19(23)21-12-13-22-18-9-5-4-8-17(18)14-20(22)24/h2-9H,10-14H2,1H3,(H,21,23). The largest absolute Gasteiger partial charge is 0.354 e. The zero-order valence-corrected chi connectivity index (χ0v) is 13.9. The first-order valence-electron chi connectivity index (χ1n) is 8.34. The number of aryl methyl sites for hydroxylation is 2. The van der Waals surface area contributed by atoms with Crippen molar-refractivity contribution in [2.24, 2.45) is 0 Å². The third kappa shape index (κ3) is 3.65. The first-order chi connectivity index (χ1) is 11.6. The fourth-order valence-corrected chi connectivity index (χ4v) is 3.10. The maximum Gasteiger partial charge on any atom is 0.231 e. The molecule has 4 nitrogen and oxygen atoms in total. The van der Waals surface area contributed by atoms with Crippen molar-refractivity contribution in [2.75, 3.05) is 18.0 Å². The molecule has 3 rings (SSSR count). The topological polar surface area (TPSA) is 49.4 Å². The minimum atomic E-state index is 0.0261. The molecule has 1 aliphatic heterocycles. The molecule has 0 spiro atoms. The van der Waals surface area contributed by atoms with Gasteiger partial charge in [-0.15, -0.1) is 0 Å². The Morgan fingerprint density at radius 1 is 1.12 bits per heavy atom. The fraction of sp³-hybridized carbons (Fsp3) is 0.300. The normalized spacial score (nSPS) is 13.0. The number of carbonyl (C=O) groups is 2. The van der Waals surface area contributed by atoms with Crippen LogP contribution in [0.4, 0.5) is 5.69 Å². The Labute approximate surface area is 142 Å². The first-order valence-corrected chi connectivity index (χ1v) is 8.34. The van der Waals surface area contributed by atoms with Crippen molar-refractivity contribution in [2.45, 2.75) is 26.2 Å². The van der Waals surface area contributed by atoms with Crippen LogP contribution in [0.3, 0.4) is 0 Å². The van der Waals surface area contributed by atoms with Crippen LogP contribution >= 0.6 is 0 Å². The van der Waals surface area contributed by atoms with Gasteiger partial charge in [-0.2, -0.15) is 0 Å². The van der Waals surface area contributed by atoms with Gasteiger partial charge in [0.1, 0.15) is 0 Å². The van der Waals surface area contributed by atoms with Gasteiger partial charge in [0.2, 0.25) is 11.8 Å². The highest BCUT2D eigenvalue weighted by Gasteiger charge is 2.26. The molecular formula is C20H22N2O2. The van der Waals surface area contributed by atoms with Gasteiger partial charge in [0.25, 0.3) is 0 Å². The van der Waals surface area contributed by atoms with Crippen LogP contribution in [0.15, 0.2) is 48.5 Å². The van der Waals surface area contributed by atoms with Crippen molar-refractivity contribution in [3.8, 4) is 0 Å². The Hall–Kier alpha value is -2.62. The second-order valence-corrected chi connectivity index (χ2v) is 6.13. The number of carbonyl (C=O) groups excluding carboxylic acids is 2. The summed E-state index contributed by atoms with van der Waals surface area (Å²) < 4.78 is 0. The lowest BCUT2D eigenvalue weighted by Gasteiger charge is -2.17. The molecule has 0 saturated carbocycles. The smallest absolute Gasteiger partial charge is 0.231 e. The SMILES string of the molecule is Cc1ccccc1CCC(=O)NCCN1C(=O)Cc2ccccc21. The lowest BCUT2D eigenvalue weighted by molar-refractivity contribution is -0.121. The van der Waals surface area contributed by atoms with Gasteiger partial charge in [0, 0.05) is 25.2 Å². The van der Waals surface area contributed by atoms with Crippen molar-refractivity contribution < 1.29 is 9.59 Å². The van der Waals surface area contributed by atoms with Crippen LogP contribution in [-0.4, -0.2) is 24.9 Å². The Bertz CT molecular complexity index is 755. The maximum atomic E-state index is 12.1. The van der Waals surface area contributed by atoms with E-state index in [9.17, 15) is 9.59 Å². The Morgan fingerprint density at radius 2 is 1.88 bits per heavy atom. The molecule has 0 fully saturated rings. The van der Waals surface area contributed by atoms with Crippen molar-refractivity contribution in [1.82, 2.24) is 5.32 Å². The van der Waals surface area contributed by atoms with Crippen molar-refractivity contribution >= 4 is 17.5 Å². The molecule has 0 saturated heterocycles. The van der Waals surface area contributed by atoms with Crippen LogP contribution in [-0.2, 0) is 22.4 Å². The van der Waals surface area contributed by atoms with Crippen LogP contribution < -0.4 is 10.2 Å². The number of amides is 2. The van der Waals surface area contributed by atoms with E-state index in [1.54, 1.807) is 4.90 Å². The summed E-state index contributed by atoms with van der Waals surface area (Å²) in [5, 5.41) is 2.92. The molecule has 2 aromatic rings. The molecule has 0 unspecified atom stereocenters. The average Bonchev–Trinajstić information content (AvgIpc) is 2.90. The number of para-hydroxylation sites is 1. The molecule has 1 aliphatic rings. The van der Waals surface area contributed by atoms with E-state index >= 15 is 0 Å². The number of hydrogen-bond acceptors (Lipinski definition) is 2. The molecule has 0 radical (unpaired) electrons. The summed E-state index contributed by atoms with van der Waals surface area (Å²) in [6.07, 6.45) is 1.66. The lowest BCUT2D eigenvalue weighted by Crippen LogP contribution is -2.36. The lowest BCUT2D eigenvalue weighted by atomic mass is 10.0. The summed E-state index contributed by atoms with van der Waals surface area (Å²) in [6.45, 7) is 3.06. The molecule has 2 aromatic carbocycles. The monoisotopic (exact) mass is 322 g/mol. The Balaban J connectivity index is 1.46. The number of fused-ring (bicyclic) bond motifs is 1. The summed E-state index contributed by atoms with van der Waals surface area (Å²) in [5.41, 5.74) is 4.45. The molecule has 0 atom stereocenters. The summed E-state index contributed by atoms with van der Waals surface area (Å²) in [5.74, 6) is 0.128. The zero-order chi connectivity index (χ0) is 16.9. The van der Waals surface area contributed by atoms with Gasteiger partial charge < -0.3 is 10.2 Å². The van der Waals surface area contributed by atoms with Gasteiger partial charge in [-0.1, -0.05) is 42.5 Å². The van der Waals surface area contributed by atoms with Crippen molar-refractivity contribution in [1.29, 1.82) is 0 Å². The summed E-state index contributed by atoms with van der Waals surface area (Å²) in [7, 11) is 0. The second-order valence-electron chi connectivity index (χ2n) is 6.13. The number of anilines is 1. The van der Waals surface area contributed by atoms with Crippen molar-refractivity contribution in [3.63, 3.8) is 0 Å². The number of nitrogens with one attached hydrogen (secondary N) is 1. The van der Waals surface area contributed by atoms with Crippen LogP contribution in [0, 0.1) is 6.92 Å². The number of benzene rings is 2. The molecule has 0 bridgehead atoms. The van der Waals surface area contributed by atoms with Gasteiger partial charge >= 0.3 is 0 Å². The number of nitrogens with zero attached hydrogens (tertiary/aromatic N) is 1. The van der Waals surface area contributed by atoms with Crippen LogP contribution in [0.2, 0.25) is 0 Å². The molecule has 24 heavy (non-hydrogen) atoms. The van der Waals surface area contributed by atoms with E-state index in [-0.39, 0.29) is 11.8 Å². The van der Waals surface area contributed by atoms with E-state index < -0.39 is 0 Å². The zero-order valence-electron chi connectivity index (χ0n) is 13.9. The minimum Gasteiger partial charge on any atom is -0.354 e. The summed E-state index contributed by atoms with van der Waals surface area (Å²) >= 11 is 0. The average molecular weight is 322 g/mol. The molecule has 0 aromatic heterocycles. The quantitative estimate of drug-likeness (QED) is 0.889. The van der Waals surface area contributed by atoms with Crippen molar-refractivity contribution in [3.05, 3.63) is 65.2 Å². The third-order valence-corrected chi connectivity index (χ3v) is 4.47. The predicted octanol–water partition coefficient (Wildman–Crippen LogP) is 2.63. The Kier molecular flexibility index (Phi) is 4.94. The van der Waals surface area contributed by atoms with E-state index in [2.05, 4.69) is 24.4 Å². The molecule has 2 amide bonds. The van der Waals surface area contributed by atoms with Gasteiger partial charge in [-0.05, 0) is 36.1 Å². The summed E-state index contributed by atoms with van der Waals surface area (Å²) in [6, 6.07) is 15.9. The highest BCUT2D eigenvalue weighted by Crippen LogP contribution is 2.27. The van der Waals surface area contributed by atoms with E-state index in [4.69, 9.17) is 0 Å². The van der Waals surface area contributed by atoms with Gasteiger partial charge in [-0.3, -0.25) is 9.59 Å². The van der Waals surface area contributed by atoms with E-state index in [1.165, 1.54) is 11.1 Å². The van der Waals surface area contributed by atoms with Gasteiger partial charge in [-0.25, -0.2) is 0 Å². The van der Waals surface area contributed by atoms with E-state index in [1.807, 2.05) is 36.4 Å². The summed E-state index contributed by atoms with van der Waals surface area (Å²) in [4.78, 5) is 25.8. The molecule has 124 valence electrons. The van der Waals surface area contributed by atoms with E-state index in [0.29, 0.717) is 25.9 Å². The predicted molar refractivity (Wildman–Crippen MR) is 95.0 cm³/mol. The molecule has 4 heteroatoms. The Morgan fingerprint density at radius 3 is 2.71 bits per heavy atom. The van der Waals surface area contributed by atoms with Crippen LogP contribution in [0.5, 0.6) is 0 Å². The minimum absolute atomic E-state index is 0.0261. The maximum absolute atomic E-state index is 12.1. The van der Waals surface area contributed by atoms with Crippen LogP contribution in [0.25, 0.3) is 0 Å². The number of hydrogen-bond donors (Lipinski definition) is 1. The fourth-order valence-electron chi connectivity index (χ4n) is 3.10. The number of rotatable bonds is 6. The third-order valence-electron chi connectivity index (χ3n) is 4.47. The highest BCUT2D eigenvalue weighted by molar-refractivity contribution is 6.01. The second kappa shape index (κ2) is 7.30.